The quantitative estimate of drug-likeness (QED) is 0.364. The molecule has 7 nitrogen and oxygen atoms in total. The molecule has 0 fully saturated rings. The molecular formula is C23H28N4O3S. The second kappa shape index (κ2) is 9.96. The number of furan rings is 1. The average molecular weight is 441 g/mol. The smallest absolute Gasteiger partial charge is 0.219 e. The minimum Gasteiger partial charge on any atom is -0.461 e. The lowest BCUT2D eigenvalue weighted by Gasteiger charge is -2.15. The highest BCUT2D eigenvalue weighted by Gasteiger charge is 2.20. The molecule has 0 saturated carbocycles. The number of carbonyl (C=O) groups excluding carboxylic acids is 2. The minimum atomic E-state index is -0.419. The third kappa shape index (κ3) is 5.44. The molecule has 3 aromatic rings. The van der Waals surface area contributed by atoms with Crippen molar-refractivity contribution in [1.82, 2.24) is 14.8 Å². The van der Waals surface area contributed by atoms with Crippen LogP contribution in [0.5, 0.6) is 0 Å². The van der Waals surface area contributed by atoms with Crippen molar-refractivity contribution in [2.24, 2.45) is 5.73 Å². The molecule has 31 heavy (non-hydrogen) atoms. The van der Waals surface area contributed by atoms with Crippen molar-refractivity contribution in [3.63, 3.8) is 0 Å². The van der Waals surface area contributed by atoms with Crippen LogP contribution >= 0.6 is 11.8 Å². The zero-order valence-electron chi connectivity index (χ0n) is 18.3. The topological polar surface area (TPSA) is 104 Å². The van der Waals surface area contributed by atoms with Gasteiger partial charge < -0.3 is 10.2 Å². The number of hydrogen-bond acceptors (Lipinski definition) is 6. The van der Waals surface area contributed by atoms with Gasteiger partial charge in [0.15, 0.2) is 22.5 Å². The summed E-state index contributed by atoms with van der Waals surface area (Å²) >= 11 is 1.30. The fourth-order valence-electron chi connectivity index (χ4n) is 3.29. The van der Waals surface area contributed by atoms with E-state index in [1.165, 1.54) is 17.3 Å². The predicted molar refractivity (Wildman–Crippen MR) is 121 cm³/mol. The number of nitrogens with two attached hydrogens (primary N) is 1. The number of nitrogens with zero attached hydrogens (tertiary/aromatic N) is 3. The molecule has 0 saturated heterocycles. The van der Waals surface area contributed by atoms with E-state index in [9.17, 15) is 9.59 Å². The van der Waals surface area contributed by atoms with Gasteiger partial charge in [-0.3, -0.25) is 14.2 Å². The molecule has 0 spiro atoms. The number of hydrogen-bond donors (Lipinski definition) is 1. The van der Waals surface area contributed by atoms with E-state index in [1.807, 2.05) is 12.1 Å². The summed E-state index contributed by atoms with van der Waals surface area (Å²) in [6, 6.07) is 9.62. The maximum Gasteiger partial charge on any atom is 0.219 e. The average Bonchev–Trinajstić information content (AvgIpc) is 3.39. The normalized spacial score (nSPS) is 11.4. The highest BCUT2D eigenvalue weighted by Crippen LogP contribution is 2.28. The molecule has 2 N–H and O–H groups in total. The van der Waals surface area contributed by atoms with E-state index < -0.39 is 5.91 Å². The molecule has 164 valence electrons. The molecule has 1 aromatic carbocycles. The minimum absolute atomic E-state index is 0.0352. The van der Waals surface area contributed by atoms with Gasteiger partial charge in [-0.05, 0) is 35.1 Å². The van der Waals surface area contributed by atoms with E-state index in [1.54, 1.807) is 23.0 Å². The number of ketones is 1. The summed E-state index contributed by atoms with van der Waals surface area (Å²) in [5.74, 6) is 1.53. The van der Waals surface area contributed by atoms with Gasteiger partial charge in [0.2, 0.25) is 5.91 Å². The number of Topliss-reactive ketones (excluding diaryl/α,β-unsaturated/α-hetero) is 1. The molecule has 0 atom stereocenters. The van der Waals surface area contributed by atoms with E-state index in [0.29, 0.717) is 29.2 Å². The van der Waals surface area contributed by atoms with Gasteiger partial charge in [0, 0.05) is 18.5 Å². The van der Waals surface area contributed by atoms with Crippen LogP contribution < -0.4 is 5.73 Å². The fourth-order valence-corrected chi connectivity index (χ4v) is 4.13. The molecule has 0 bridgehead atoms. The molecule has 0 aliphatic heterocycles. The van der Waals surface area contributed by atoms with Crippen molar-refractivity contribution >= 4 is 23.5 Å². The first kappa shape index (κ1) is 22.8. The SMILES string of the molecule is CC(C)c1ccc(C(=O)CSc2nnc(-c3ccco3)n2CCC(N)=O)c(C(C)C)c1. The molecule has 3 rings (SSSR count). The number of amides is 1. The summed E-state index contributed by atoms with van der Waals surface area (Å²) in [5, 5.41) is 8.97. The Morgan fingerprint density at radius 2 is 1.90 bits per heavy atom. The van der Waals surface area contributed by atoms with Crippen LogP contribution in [-0.4, -0.2) is 32.2 Å². The molecule has 0 unspecified atom stereocenters. The van der Waals surface area contributed by atoms with Gasteiger partial charge in [-0.25, -0.2) is 0 Å². The third-order valence-electron chi connectivity index (χ3n) is 5.04. The molecule has 1 amide bonds. The maximum absolute atomic E-state index is 13.1. The van der Waals surface area contributed by atoms with Crippen LogP contribution in [0.2, 0.25) is 0 Å². The predicted octanol–water partition coefficient (Wildman–Crippen LogP) is 4.64. The van der Waals surface area contributed by atoms with E-state index in [-0.39, 0.29) is 23.9 Å². The molecule has 8 heteroatoms. The van der Waals surface area contributed by atoms with E-state index in [0.717, 1.165) is 11.1 Å². The van der Waals surface area contributed by atoms with Gasteiger partial charge in [-0.2, -0.15) is 0 Å². The van der Waals surface area contributed by atoms with Gasteiger partial charge in [-0.15, -0.1) is 10.2 Å². The van der Waals surface area contributed by atoms with Crippen molar-refractivity contribution in [3.05, 3.63) is 53.3 Å². The van der Waals surface area contributed by atoms with Crippen LogP contribution in [0.1, 0.15) is 67.4 Å². The monoisotopic (exact) mass is 440 g/mol. The van der Waals surface area contributed by atoms with Crippen LogP contribution in [0, 0.1) is 0 Å². The Morgan fingerprint density at radius 3 is 2.52 bits per heavy atom. The zero-order chi connectivity index (χ0) is 22.5. The van der Waals surface area contributed by atoms with Crippen LogP contribution in [0.25, 0.3) is 11.6 Å². The summed E-state index contributed by atoms with van der Waals surface area (Å²) < 4.78 is 7.20. The van der Waals surface area contributed by atoms with Crippen LogP contribution in [-0.2, 0) is 11.3 Å². The van der Waals surface area contributed by atoms with Crippen molar-refractivity contribution in [2.45, 2.75) is 57.7 Å². The fraction of sp³-hybridized carbons (Fsp3) is 0.391. The Bertz CT molecular complexity index is 1050. The van der Waals surface area contributed by atoms with E-state index >= 15 is 0 Å². The number of aromatic nitrogens is 3. The van der Waals surface area contributed by atoms with Crippen molar-refractivity contribution in [2.75, 3.05) is 5.75 Å². The third-order valence-corrected chi connectivity index (χ3v) is 6.00. The summed E-state index contributed by atoms with van der Waals surface area (Å²) in [6.07, 6.45) is 1.69. The first-order valence-electron chi connectivity index (χ1n) is 10.3. The Hall–Kier alpha value is -2.87. The highest BCUT2D eigenvalue weighted by atomic mass is 32.2. The molecule has 0 radical (unpaired) electrons. The van der Waals surface area contributed by atoms with Gasteiger partial charge in [0.25, 0.3) is 0 Å². The molecule has 2 heterocycles. The van der Waals surface area contributed by atoms with Crippen LogP contribution in [0.15, 0.2) is 46.2 Å². The largest absolute Gasteiger partial charge is 0.461 e. The second-order valence-corrected chi connectivity index (χ2v) is 8.96. The first-order chi connectivity index (χ1) is 14.8. The summed E-state index contributed by atoms with van der Waals surface area (Å²) in [6.45, 7) is 8.80. The van der Waals surface area contributed by atoms with E-state index in [4.69, 9.17) is 10.2 Å². The van der Waals surface area contributed by atoms with Gasteiger partial charge >= 0.3 is 0 Å². The maximum atomic E-state index is 13.1. The Morgan fingerprint density at radius 1 is 1.13 bits per heavy atom. The summed E-state index contributed by atoms with van der Waals surface area (Å²) in [4.78, 5) is 24.4. The Kier molecular flexibility index (Phi) is 7.33. The number of thioether (sulfide) groups is 1. The highest BCUT2D eigenvalue weighted by molar-refractivity contribution is 7.99. The molecule has 0 aliphatic rings. The molecule has 2 aromatic heterocycles. The van der Waals surface area contributed by atoms with Crippen molar-refractivity contribution < 1.29 is 14.0 Å². The molecule has 0 aliphatic carbocycles. The van der Waals surface area contributed by atoms with Crippen LogP contribution in [0.4, 0.5) is 0 Å². The summed E-state index contributed by atoms with van der Waals surface area (Å²) in [7, 11) is 0. The number of primary amides is 1. The summed E-state index contributed by atoms with van der Waals surface area (Å²) in [5.41, 5.74) is 8.35. The van der Waals surface area contributed by atoms with Crippen LogP contribution in [0.3, 0.4) is 0 Å². The number of rotatable bonds is 10. The van der Waals surface area contributed by atoms with Gasteiger partial charge in [0.05, 0.1) is 12.0 Å². The second-order valence-electron chi connectivity index (χ2n) is 8.02. The van der Waals surface area contributed by atoms with E-state index in [2.05, 4.69) is 44.0 Å². The van der Waals surface area contributed by atoms with Gasteiger partial charge in [-0.1, -0.05) is 57.7 Å². The number of carbonyl (C=O) groups is 2. The first-order valence-corrected chi connectivity index (χ1v) is 11.3. The standard InChI is InChI=1S/C23H28N4O3S/c1-14(2)16-7-8-17(18(12-16)15(3)4)19(28)13-31-23-26-25-22(20-6-5-11-30-20)27(23)10-9-21(24)29/h5-8,11-12,14-15H,9-10,13H2,1-4H3,(H2,24,29). The lowest BCUT2D eigenvalue weighted by atomic mass is 9.90. The number of benzene rings is 1. The van der Waals surface area contributed by atoms with Crippen molar-refractivity contribution in [3.8, 4) is 11.6 Å². The van der Waals surface area contributed by atoms with Gasteiger partial charge in [0.1, 0.15) is 0 Å². The lowest BCUT2D eigenvalue weighted by Crippen LogP contribution is -2.15. The zero-order valence-corrected chi connectivity index (χ0v) is 19.1. The lowest BCUT2D eigenvalue weighted by molar-refractivity contribution is -0.118. The van der Waals surface area contributed by atoms with Crippen molar-refractivity contribution in [1.29, 1.82) is 0 Å². The Balaban J connectivity index is 1.82. The molecular weight excluding hydrogens is 412 g/mol. The Labute approximate surface area is 186 Å².